The monoisotopic (exact) mass is 390 g/mol. The predicted molar refractivity (Wildman–Crippen MR) is 95.1 cm³/mol. The number of nitrogens with one attached hydrogen (secondary N) is 1. The summed E-state index contributed by atoms with van der Waals surface area (Å²) in [6, 6.07) is 5.09. The number of aromatic nitrogens is 1. The van der Waals surface area contributed by atoms with Gasteiger partial charge < -0.3 is 10.1 Å². The Bertz CT molecular complexity index is 704. The van der Waals surface area contributed by atoms with Gasteiger partial charge in [-0.1, -0.05) is 46.4 Å². The van der Waals surface area contributed by atoms with Crippen molar-refractivity contribution in [3.8, 4) is 5.75 Å². The van der Waals surface area contributed by atoms with E-state index in [1.54, 1.807) is 24.5 Å². The Morgan fingerprint density at radius 3 is 2.52 bits per heavy atom. The van der Waals surface area contributed by atoms with Crippen LogP contribution in [-0.2, 0) is 0 Å². The van der Waals surface area contributed by atoms with Crippen molar-refractivity contribution in [1.82, 2.24) is 10.3 Å². The third-order valence-corrected chi connectivity index (χ3v) is 5.03. The Morgan fingerprint density at radius 2 is 1.83 bits per heavy atom. The van der Waals surface area contributed by atoms with Gasteiger partial charge in [0.05, 0.1) is 20.1 Å². The van der Waals surface area contributed by atoms with E-state index in [0.29, 0.717) is 31.8 Å². The van der Waals surface area contributed by atoms with Gasteiger partial charge in [0.2, 0.25) is 0 Å². The summed E-state index contributed by atoms with van der Waals surface area (Å²) < 4.78 is 6.19. The first kappa shape index (κ1) is 17.1. The molecular formula is C16H14Cl4N2O. The molecule has 23 heavy (non-hydrogen) atoms. The number of benzene rings is 1. The Balaban J connectivity index is 1.94. The Kier molecular flexibility index (Phi) is 5.55. The average Bonchev–Trinajstić information content (AvgIpc) is 3.03. The molecule has 1 N–H and O–H groups in total. The lowest BCUT2D eigenvalue weighted by Gasteiger charge is -2.25. The van der Waals surface area contributed by atoms with Crippen LogP contribution in [0.2, 0.25) is 20.1 Å². The maximum absolute atomic E-state index is 6.25. The molecule has 1 fully saturated rings. The van der Waals surface area contributed by atoms with E-state index < -0.39 is 0 Å². The SMILES string of the molecule is Clc1cncc(C(Oc2cc(Cl)c(Cl)cc2Cl)C2CCNC2)c1. The van der Waals surface area contributed by atoms with Crippen molar-refractivity contribution in [2.24, 2.45) is 5.92 Å². The molecule has 2 heterocycles. The molecule has 1 aromatic heterocycles. The van der Waals surface area contributed by atoms with E-state index in [9.17, 15) is 0 Å². The van der Waals surface area contributed by atoms with Crippen LogP contribution in [-0.4, -0.2) is 18.1 Å². The zero-order valence-electron chi connectivity index (χ0n) is 12.0. The zero-order valence-corrected chi connectivity index (χ0v) is 15.1. The van der Waals surface area contributed by atoms with Crippen molar-refractivity contribution in [1.29, 1.82) is 0 Å². The fourth-order valence-corrected chi connectivity index (χ4v) is 3.45. The molecule has 122 valence electrons. The summed E-state index contributed by atoms with van der Waals surface area (Å²) in [6.07, 6.45) is 4.14. The molecule has 1 aliphatic heterocycles. The van der Waals surface area contributed by atoms with Crippen molar-refractivity contribution in [2.45, 2.75) is 12.5 Å². The van der Waals surface area contributed by atoms with Crippen molar-refractivity contribution >= 4 is 46.4 Å². The lowest BCUT2D eigenvalue weighted by molar-refractivity contribution is 0.144. The minimum Gasteiger partial charge on any atom is -0.484 e. The molecule has 0 aliphatic carbocycles. The van der Waals surface area contributed by atoms with Crippen LogP contribution < -0.4 is 10.1 Å². The van der Waals surface area contributed by atoms with E-state index in [4.69, 9.17) is 51.1 Å². The highest BCUT2D eigenvalue weighted by Crippen LogP contribution is 2.39. The lowest BCUT2D eigenvalue weighted by atomic mass is 9.96. The Morgan fingerprint density at radius 1 is 1.04 bits per heavy atom. The van der Waals surface area contributed by atoms with Crippen LogP contribution in [0, 0.1) is 5.92 Å². The van der Waals surface area contributed by atoms with E-state index in [1.807, 2.05) is 6.07 Å². The van der Waals surface area contributed by atoms with Gasteiger partial charge in [-0.3, -0.25) is 4.98 Å². The molecule has 1 saturated heterocycles. The van der Waals surface area contributed by atoms with Crippen LogP contribution >= 0.6 is 46.4 Å². The Hall–Kier alpha value is -0.710. The van der Waals surface area contributed by atoms with Gasteiger partial charge in [0.25, 0.3) is 0 Å². The second-order valence-corrected chi connectivity index (χ2v) is 7.08. The summed E-state index contributed by atoms with van der Waals surface area (Å²) >= 11 is 24.4. The van der Waals surface area contributed by atoms with Gasteiger partial charge in [0, 0.05) is 36.5 Å². The van der Waals surface area contributed by atoms with E-state index in [1.165, 1.54) is 0 Å². The predicted octanol–water partition coefficient (Wildman–Crippen LogP) is 5.42. The molecule has 7 heteroatoms. The summed E-state index contributed by atoms with van der Waals surface area (Å²) in [5, 5.41) is 5.14. The van der Waals surface area contributed by atoms with Gasteiger partial charge in [0.1, 0.15) is 11.9 Å². The molecule has 3 nitrogen and oxygen atoms in total. The summed E-state index contributed by atoms with van der Waals surface area (Å²) in [5.74, 6) is 0.790. The van der Waals surface area contributed by atoms with Gasteiger partial charge in [-0.25, -0.2) is 0 Å². The number of nitrogens with zero attached hydrogens (tertiary/aromatic N) is 1. The van der Waals surface area contributed by atoms with Crippen molar-refractivity contribution in [3.05, 3.63) is 56.2 Å². The molecule has 1 aromatic carbocycles. The van der Waals surface area contributed by atoms with Crippen LogP contribution in [0.4, 0.5) is 0 Å². The number of hydrogen-bond donors (Lipinski definition) is 1. The summed E-state index contributed by atoms with van der Waals surface area (Å²) in [5.41, 5.74) is 0.910. The molecule has 0 saturated carbocycles. The molecule has 3 rings (SSSR count). The highest BCUT2D eigenvalue weighted by Gasteiger charge is 2.29. The number of hydrogen-bond acceptors (Lipinski definition) is 3. The first-order chi connectivity index (χ1) is 11.0. The standard InChI is InChI=1S/C16H14Cl4N2O/c17-11-3-10(7-22-8-11)16(9-1-2-21-6-9)23-15-5-13(19)12(18)4-14(15)20/h3-5,7-9,16,21H,1-2,6H2. The fourth-order valence-electron chi connectivity index (χ4n) is 2.69. The quantitative estimate of drug-likeness (QED) is 0.706. The number of ether oxygens (including phenoxy) is 1. The second-order valence-electron chi connectivity index (χ2n) is 5.42. The van der Waals surface area contributed by atoms with Gasteiger partial charge in [-0.2, -0.15) is 0 Å². The number of pyridine rings is 1. The Labute approximate surface area is 154 Å². The molecule has 0 spiro atoms. The summed E-state index contributed by atoms with van der Waals surface area (Å²) in [4.78, 5) is 4.16. The molecule has 0 radical (unpaired) electrons. The third kappa shape index (κ3) is 4.04. The molecule has 2 aromatic rings. The van der Waals surface area contributed by atoms with Crippen LogP contribution in [0.3, 0.4) is 0 Å². The van der Waals surface area contributed by atoms with Crippen molar-refractivity contribution in [3.63, 3.8) is 0 Å². The van der Waals surface area contributed by atoms with E-state index in [2.05, 4.69) is 10.3 Å². The van der Waals surface area contributed by atoms with E-state index >= 15 is 0 Å². The lowest BCUT2D eigenvalue weighted by Crippen LogP contribution is -2.21. The second kappa shape index (κ2) is 7.45. The molecular weight excluding hydrogens is 378 g/mol. The van der Waals surface area contributed by atoms with E-state index in [-0.39, 0.29) is 6.10 Å². The first-order valence-corrected chi connectivity index (χ1v) is 8.68. The largest absolute Gasteiger partial charge is 0.484 e. The van der Waals surface area contributed by atoms with Gasteiger partial charge >= 0.3 is 0 Å². The summed E-state index contributed by atoms with van der Waals surface area (Å²) in [6.45, 7) is 1.81. The highest BCUT2D eigenvalue weighted by atomic mass is 35.5. The van der Waals surface area contributed by atoms with Crippen LogP contribution in [0.25, 0.3) is 0 Å². The maximum atomic E-state index is 6.25. The molecule has 1 aliphatic rings. The number of halogens is 4. The minimum atomic E-state index is -0.217. The first-order valence-electron chi connectivity index (χ1n) is 7.17. The van der Waals surface area contributed by atoms with Crippen LogP contribution in [0.1, 0.15) is 18.1 Å². The zero-order chi connectivity index (χ0) is 16.4. The van der Waals surface area contributed by atoms with Crippen LogP contribution in [0.15, 0.2) is 30.6 Å². The average molecular weight is 392 g/mol. The number of rotatable bonds is 4. The summed E-state index contributed by atoms with van der Waals surface area (Å²) in [7, 11) is 0. The minimum absolute atomic E-state index is 0.217. The van der Waals surface area contributed by atoms with Gasteiger partial charge in [-0.05, 0) is 25.1 Å². The van der Waals surface area contributed by atoms with Crippen molar-refractivity contribution < 1.29 is 4.74 Å². The van der Waals surface area contributed by atoms with E-state index in [0.717, 1.165) is 25.1 Å². The highest BCUT2D eigenvalue weighted by molar-refractivity contribution is 6.43. The molecule has 2 unspecified atom stereocenters. The van der Waals surface area contributed by atoms with Gasteiger partial charge in [0.15, 0.2) is 0 Å². The van der Waals surface area contributed by atoms with Crippen molar-refractivity contribution in [2.75, 3.05) is 13.1 Å². The maximum Gasteiger partial charge on any atom is 0.140 e. The topological polar surface area (TPSA) is 34.1 Å². The molecule has 2 atom stereocenters. The molecule has 0 bridgehead atoms. The smallest absolute Gasteiger partial charge is 0.140 e. The third-order valence-electron chi connectivity index (χ3n) is 3.81. The molecule has 0 amide bonds. The van der Waals surface area contributed by atoms with Gasteiger partial charge in [-0.15, -0.1) is 0 Å². The van der Waals surface area contributed by atoms with Crippen LogP contribution in [0.5, 0.6) is 5.75 Å². The normalized spacial score (nSPS) is 18.9. The fraction of sp³-hybridized carbons (Fsp3) is 0.312.